The average molecular weight is 545 g/mol. The standard InChI is InChI=1S/C24H25BrN4O4S/c1-3-29(4-2)21-12-7-18(23(30)15-21)16-26-27-24(31)17-5-10-20(11-6-17)28-34(32,33)22-13-8-19(25)9-14-22/h5-16,28,30H,3-4H2,1-2H3,(H,27,31)/b26-16+. The van der Waals surface area contributed by atoms with Gasteiger partial charge in [0.05, 0.1) is 11.1 Å². The molecule has 3 aromatic carbocycles. The summed E-state index contributed by atoms with van der Waals surface area (Å²) >= 11 is 3.27. The van der Waals surface area contributed by atoms with E-state index in [1.165, 1.54) is 42.6 Å². The van der Waals surface area contributed by atoms with Crippen molar-refractivity contribution in [3.63, 3.8) is 0 Å². The fourth-order valence-electron chi connectivity index (χ4n) is 3.17. The first-order valence-corrected chi connectivity index (χ1v) is 12.8. The van der Waals surface area contributed by atoms with Crippen LogP contribution in [0.2, 0.25) is 0 Å². The number of hydrazone groups is 1. The number of phenolic OH excluding ortho intramolecular Hbond substituents is 1. The number of carbonyl (C=O) groups is 1. The van der Waals surface area contributed by atoms with Crippen molar-refractivity contribution in [2.24, 2.45) is 5.10 Å². The molecule has 3 aromatic rings. The topological polar surface area (TPSA) is 111 Å². The maximum atomic E-state index is 12.5. The molecule has 3 rings (SSSR count). The highest BCUT2D eigenvalue weighted by molar-refractivity contribution is 9.10. The summed E-state index contributed by atoms with van der Waals surface area (Å²) in [6.45, 7) is 5.72. The van der Waals surface area contributed by atoms with E-state index in [2.05, 4.69) is 36.1 Å². The van der Waals surface area contributed by atoms with Gasteiger partial charge >= 0.3 is 0 Å². The number of nitrogens with one attached hydrogen (secondary N) is 2. The zero-order valence-electron chi connectivity index (χ0n) is 18.7. The van der Waals surface area contributed by atoms with Crippen molar-refractivity contribution in [1.29, 1.82) is 0 Å². The van der Waals surface area contributed by atoms with Crippen LogP contribution in [0.5, 0.6) is 5.75 Å². The molecule has 0 saturated carbocycles. The third kappa shape index (κ3) is 6.36. The van der Waals surface area contributed by atoms with Gasteiger partial charge in [-0.05, 0) is 74.5 Å². The highest BCUT2D eigenvalue weighted by Crippen LogP contribution is 2.23. The van der Waals surface area contributed by atoms with Crippen molar-refractivity contribution in [1.82, 2.24) is 5.43 Å². The Kier molecular flexibility index (Phi) is 8.30. The summed E-state index contributed by atoms with van der Waals surface area (Å²) in [7, 11) is -3.75. The van der Waals surface area contributed by atoms with E-state index < -0.39 is 15.9 Å². The Morgan fingerprint density at radius 1 is 1.03 bits per heavy atom. The fourth-order valence-corrected chi connectivity index (χ4v) is 4.49. The van der Waals surface area contributed by atoms with E-state index in [1.54, 1.807) is 24.3 Å². The molecular formula is C24H25BrN4O4S. The monoisotopic (exact) mass is 544 g/mol. The first-order chi connectivity index (χ1) is 16.2. The number of aromatic hydroxyl groups is 1. The van der Waals surface area contributed by atoms with E-state index in [9.17, 15) is 18.3 Å². The number of amides is 1. The summed E-state index contributed by atoms with van der Waals surface area (Å²) in [6, 6.07) is 17.5. The lowest BCUT2D eigenvalue weighted by molar-refractivity contribution is 0.0955. The maximum Gasteiger partial charge on any atom is 0.271 e. The SMILES string of the molecule is CCN(CC)c1ccc(/C=N/NC(=O)c2ccc(NS(=O)(=O)c3ccc(Br)cc3)cc2)c(O)c1. The van der Waals surface area contributed by atoms with Crippen LogP contribution in [0.1, 0.15) is 29.8 Å². The van der Waals surface area contributed by atoms with Gasteiger partial charge in [-0.15, -0.1) is 0 Å². The minimum absolute atomic E-state index is 0.0600. The predicted molar refractivity (Wildman–Crippen MR) is 138 cm³/mol. The third-order valence-corrected chi connectivity index (χ3v) is 6.96. The molecule has 10 heteroatoms. The number of benzene rings is 3. The quantitative estimate of drug-likeness (QED) is 0.270. The summed E-state index contributed by atoms with van der Waals surface area (Å²) in [5.41, 5.74) is 4.38. The molecule has 178 valence electrons. The molecule has 1 amide bonds. The molecule has 0 spiro atoms. The van der Waals surface area contributed by atoms with Gasteiger partial charge in [0.1, 0.15) is 5.75 Å². The fraction of sp³-hybridized carbons (Fsp3) is 0.167. The number of hydrogen-bond acceptors (Lipinski definition) is 6. The zero-order valence-corrected chi connectivity index (χ0v) is 21.1. The van der Waals surface area contributed by atoms with E-state index in [0.29, 0.717) is 16.8 Å². The number of hydrogen-bond donors (Lipinski definition) is 3. The van der Waals surface area contributed by atoms with Crippen molar-refractivity contribution in [2.75, 3.05) is 22.7 Å². The van der Waals surface area contributed by atoms with E-state index in [4.69, 9.17) is 0 Å². The van der Waals surface area contributed by atoms with Gasteiger partial charge in [-0.3, -0.25) is 9.52 Å². The lowest BCUT2D eigenvalue weighted by atomic mass is 10.2. The Morgan fingerprint density at radius 3 is 2.26 bits per heavy atom. The molecule has 0 aliphatic heterocycles. The smallest absolute Gasteiger partial charge is 0.271 e. The first-order valence-electron chi connectivity index (χ1n) is 10.5. The largest absolute Gasteiger partial charge is 0.507 e. The number of halogens is 1. The average Bonchev–Trinajstić information content (AvgIpc) is 2.81. The van der Waals surface area contributed by atoms with Crippen molar-refractivity contribution < 1.29 is 18.3 Å². The van der Waals surface area contributed by atoms with Crippen LogP contribution in [-0.4, -0.2) is 38.7 Å². The highest BCUT2D eigenvalue weighted by Gasteiger charge is 2.14. The third-order valence-electron chi connectivity index (χ3n) is 5.04. The summed E-state index contributed by atoms with van der Waals surface area (Å²) < 4.78 is 28.2. The van der Waals surface area contributed by atoms with Crippen LogP contribution >= 0.6 is 15.9 Å². The van der Waals surface area contributed by atoms with E-state index in [1.807, 2.05) is 19.9 Å². The summed E-state index contributed by atoms with van der Waals surface area (Å²) in [6.07, 6.45) is 1.36. The molecule has 0 atom stereocenters. The molecule has 0 fully saturated rings. The van der Waals surface area contributed by atoms with Gasteiger partial charge in [-0.25, -0.2) is 13.8 Å². The van der Waals surface area contributed by atoms with Gasteiger partial charge in [0, 0.05) is 46.1 Å². The van der Waals surface area contributed by atoms with Gasteiger partial charge in [-0.2, -0.15) is 5.10 Å². The van der Waals surface area contributed by atoms with Gasteiger partial charge in [-0.1, -0.05) is 15.9 Å². The summed E-state index contributed by atoms with van der Waals surface area (Å²) in [4.78, 5) is 14.6. The van der Waals surface area contributed by atoms with Crippen LogP contribution in [0.4, 0.5) is 11.4 Å². The van der Waals surface area contributed by atoms with Gasteiger partial charge in [0.15, 0.2) is 0 Å². The minimum Gasteiger partial charge on any atom is -0.507 e. The molecule has 0 radical (unpaired) electrons. The Bertz CT molecular complexity index is 1270. The Morgan fingerprint density at radius 2 is 1.68 bits per heavy atom. The Balaban J connectivity index is 1.62. The lowest BCUT2D eigenvalue weighted by Crippen LogP contribution is -2.21. The number of anilines is 2. The predicted octanol–water partition coefficient (Wildman–Crippen LogP) is 4.57. The molecule has 0 aromatic heterocycles. The summed E-state index contributed by atoms with van der Waals surface area (Å²) in [5, 5.41) is 14.2. The highest BCUT2D eigenvalue weighted by atomic mass is 79.9. The summed E-state index contributed by atoms with van der Waals surface area (Å²) in [5.74, 6) is -0.414. The second kappa shape index (κ2) is 11.2. The van der Waals surface area contributed by atoms with Crippen molar-refractivity contribution >= 4 is 49.4 Å². The molecule has 3 N–H and O–H groups in total. The molecule has 0 aliphatic carbocycles. The Hall–Kier alpha value is -3.37. The Labute approximate surface area is 207 Å². The number of sulfonamides is 1. The second-order valence-corrected chi connectivity index (χ2v) is 9.85. The van der Waals surface area contributed by atoms with Crippen LogP contribution in [0.3, 0.4) is 0 Å². The molecule has 0 aliphatic rings. The van der Waals surface area contributed by atoms with Crippen LogP contribution in [-0.2, 0) is 10.0 Å². The molecular weight excluding hydrogens is 520 g/mol. The van der Waals surface area contributed by atoms with Gasteiger partial charge in [0.25, 0.3) is 15.9 Å². The van der Waals surface area contributed by atoms with Crippen molar-refractivity contribution in [3.8, 4) is 5.75 Å². The molecule has 8 nitrogen and oxygen atoms in total. The van der Waals surface area contributed by atoms with E-state index >= 15 is 0 Å². The van der Waals surface area contributed by atoms with Crippen LogP contribution in [0, 0.1) is 0 Å². The van der Waals surface area contributed by atoms with Crippen molar-refractivity contribution in [2.45, 2.75) is 18.7 Å². The lowest BCUT2D eigenvalue weighted by Gasteiger charge is -2.21. The normalized spacial score (nSPS) is 11.4. The van der Waals surface area contributed by atoms with Gasteiger partial charge in [0.2, 0.25) is 0 Å². The van der Waals surface area contributed by atoms with Crippen molar-refractivity contribution in [3.05, 3.63) is 82.3 Å². The number of nitrogens with zero attached hydrogens (tertiary/aromatic N) is 2. The van der Waals surface area contributed by atoms with E-state index in [0.717, 1.165) is 23.2 Å². The van der Waals surface area contributed by atoms with Crippen LogP contribution < -0.4 is 15.0 Å². The molecule has 0 bridgehead atoms. The number of carbonyl (C=O) groups excluding carboxylic acids is 1. The van der Waals surface area contributed by atoms with Gasteiger partial charge < -0.3 is 10.0 Å². The second-order valence-electron chi connectivity index (χ2n) is 7.25. The molecule has 0 saturated heterocycles. The van der Waals surface area contributed by atoms with E-state index in [-0.39, 0.29) is 10.6 Å². The molecule has 0 unspecified atom stereocenters. The number of rotatable bonds is 9. The maximum absolute atomic E-state index is 12.5. The molecule has 0 heterocycles. The minimum atomic E-state index is -3.75. The van der Waals surface area contributed by atoms with Crippen LogP contribution in [0.15, 0.2) is 81.2 Å². The zero-order chi connectivity index (χ0) is 24.7. The molecule has 34 heavy (non-hydrogen) atoms. The van der Waals surface area contributed by atoms with Crippen LogP contribution in [0.25, 0.3) is 0 Å². The number of phenols is 1. The first kappa shape index (κ1) is 25.3.